The molecule has 2 rings (SSSR count). The smallest absolute Gasteiger partial charge is 0.189 e. The van der Waals surface area contributed by atoms with Crippen LogP contribution in [0.15, 0.2) is 35.8 Å². The summed E-state index contributed by atoms with van der Waals surface area (Å²) in [7, 11) is 0. The first-order valence-electron chi connectivity index (χ1n) is 5.74. The van der Waals surface area contributed by atoms with Gasteiger partial charge < -0.3 is 11.1 Å². The number of hydrogen-bond acceptors (Lipinski definition) is 1. The van der Waals surface area contributed by atoms with Crippen molar-refractivity contribution in [1.82, 2.24) is 5.32 Å². The summed E-state index contributed by atoms with van der Waals surface area (Å²) in [5.74, 6) is 0.157. The number of aliphatic imine (C=N–C) groups is 1. The Kier molecular flexibility index (Phi) is 3.87. The molecule has 0 aliphatic heterocycles. The normalized spacial score (nSPS) is 22.7. The third-order valence-electron chi connectivity index (χ3n) is 2.88. The summed E-state index contributed by atoms with van der Waals surface area (Å²) >= 11 is 6.01. The van der Waals surface area contributed by atoms with Crippen LogP contribution in [0, 0.1) is 5.82 Å². The number of nitrogens with two attached hydrogens (primary N) is 1. The van der Waals surface area contributed by atoms with Gasteiger partial charge in [-0.25, -0.2) is 9.38 Å². The standard InChI is InChI=1S/C13H15ClFN3/c1-2-6-17-13(16)18-11-7-8(11)12-9(14)4-3-5-10(12)15/h2-5,8,11H,1,6-7H2,(H3,16,17,18). The number of nitrogens with one attached hydrogen (secondary N) is 1. The zero-order chi connectivity index (χ0) is 13.1. The summed E-state index contributed by atoms with van der Waals surface area (Å²) in [6.07, 6.45) is 2.47. The molecule has 0 saturated heterocycles. The van der Waals surface area contributed by atoms with Crippen molar-refractivity contribution < 1.29 is 4.39 Å². The number of benzene rings is 1. The second kappa shape index (κ2) is 5.40. The highest BCUT2D eigenvalue weighted by atomic mass is 35.5. The molecule has 5 heteroatoms. The molecule has 2 atom stereocenters. The lowest BCUT2D eigenvalue weighted by Gasteiger charge is -2.07. The second-order valence-corrected chi connectivity index (χ2v) is 4.65. The van der Waals surface area contributed by atoms with Crippen LogP contribution in [0.2, 0.25) is 5.02 Å². The lowest BCUT2D eigenvalue weighted by Crippen LogP contribution is -2.34. The van der Waals surface area contributed by atoms with Crippen LogP contribution in [-0.4, -0.2) is 18.5 Å². The van der Waals surface area contributed by atoms with Gasteiger partial charge in [0, 0.05) is 22.5 Å². The van der Waals surface area contributed by atoms with Crippen LogP contribution < -0.4 is 11.1 Å². The monoisotopic (exact) mass is 267 g/mol. The van der Waals surface area contributed by atoms with Crippen LogP contribution in [0.1, 0.15) is 17.9 Å². The van der Waals surface area contributed by atoms with Gasteiger partial charge in [0.15, 0.2) is 5.96 Å². The maximum absolute atomic E-state index is 13.7. The topological polar surface area (TPSA) is 50.4 Å². The van der Waals surface area contributed by atoms with Crippen molar-refractivity contribution >= 4 is 17.6 Å². The Morgan fingerprint density at radius 3 is 3.11 bits per heavy atom. The lowest BCUT2D eigenvalue weighted by atomic mass is 10.1. The summed E-state index contributed by atoms with van der Waals surface area (Å²) in [6.45, 7) is 4.02. The fourth-order valence-corrected chi connectivity index (χ4v) is 2.24. The van der Waals surface area contributed by atoms with Gasteiger partial charge in [-0.1, -0.05) is 23.7 Å². The summed E-state index contributed by atoms with van der Waals surface area (Å²) in [5, 5.41) is 3.51. The average molecular weight is 268 g/mol. The van der Waals surface area contributed by atoms with Crippen LogP contribution >= 0.6 is 11.6 Å². The maximum atomic E-state index is 13.7. The van der Waals surface area contributed by atoms with Gasteiger partial charge in [-0.05, 0) is 18.6 Å². The van der Waals surface area contributed by atoms with Crippen molar-refractivity contribution in [2.24, 2.45) is 10.7 Å². The SMILES string of the molecule is C=CCN=C(N)NC1CC1c1c(F)cccc1Cl. The largest absolute Gasteiger partial charge is 0.370 e. The Bertz CT molecular complexity index is 467. The van der Waals surface area contributed by atoms with Crippen LogP contribution in [0.4, 0.5) is 4.39 Å². The van der Waals surface area contributed by atoms with Crippen LogP contribution in [0.25, 0.3) is 0 Å². The second-order valence-electron chi connectivity index (χ2n) is 4.24. The van der Waals surface area contributed by atoms with Gasteiger partial charge in [-0.3, -0.25) is 0 Å². The minimum absolute atomic E-state index is 0.0659. The number of halogens is 2. The lowest BCUT2D eigenvalue weighted by molar-refractivity contribution is 0.608. The fraction of sp³-hybridized carbons (Fsp3) is 0.308. The highest BCUT2D eigenvalue weighted by Crippen LogP contribution is 2.44. The quantitative estimate of drug-likeness (QED) is 0.500. The zero-order valence-corrected chi connectivity index (χ0v) is 10.6. The van der Waals surface area contributed by atoms with Gasteiger partial charge in [0.25, 0.3) is 0 Å². The van der Waals surface area contributed by atoms with Crippen LogP contribution in [-0.2, 0) is 0 Å². The van der Waals surface area contributed by atoms with E-state index in [0.29, 0.717) is 23.1 Å². The van der Waals surface area contributed by atoms with E-state index in [2.05, 4.69) is 16.9 Å². The molecule has 3 N–H and O–H groups in total. The van der Waals surface area contributed by atoms with E-state index < -0.39 is 0 Å². The first-order valence-corrected chi connectivity index (χ1v) is 6.12. The van der Waals surface area contributed by atoms with Gasteiger partial charge in [0.05, 0.1) is 6.54 Å². The minimum Gasteiger partial charge on any atom is -0.370 e. The van der Waals surface area contributed by atoms with Crippen molar-refractivity contribution in [1.29, 1.82) is 0 Å². The molecule has 1 aromatic carbocycles. The molecule has 1 aliphatic carbocycles. The van der Waals surface area contributed by atoms with Gasteiger partial charge in [0.1, 0.15) is 5.82 Å². The highest BCUT2D eigenvalue weighted by Gasteiger charge is 2.41. The van der Waals surface area contributed by atoms with Crippen LogP contribution in [0.5, 0.6) is 0 Å². The van der Waals surface area contributed by atoms with Crippen molar-refractivity contribution in [3.63, 3.8) is 0 Å². The van der Waals surface area contributed by atoms with E-state index in [1.54, 1.807) is 18.2 Å². The molecule has 1 saturated carbocycles. The molecule has 96 valence electrons. The summed E-state index contributed by atoms with van der Waals surface area (Å²) in [4.78, 5) is 4.03. The number of hydrogen-bond donors (Lipinski definition) is 2. The molecule has 3 nitrogen and oxygen atoms in total. The molecule has 0 heterocycles. The average Bonchev–Trinajstić information content (AvgIpc) is 3.05. The Morgan fingerprint density at radius 2 is 2.44 bits per heavy atom. The molecule has 0 amide bonds. The predicted molar refractivity (Wildman–Crippen MR) is 72.4 cm³/mol. The molecule has 1 aromatic rings. The van der Waals surface area contributed by atoms with E-state index in [1.165, 1.54) is 6.07 Å². The molecule has 1 fully saturated rings. The molecule has 0 bridgehead atoms. The first kappa shape index (κ1) is 12.9. The molecule has 0 aromatic heterocycles. The highest BCUT2D eigenvalue weighted by molar-refractivity contribution is 6.31. The molecule has 18 heavy (non-hydrogen) atoms. The van der Waals surface area contributed by atoms with Crippen molar-refractivity contribution in [3.05, 3.63) is 47.3 Å². The Balaban J connectivity index is 2.01. The Hall–Kier alpha value is -1.55. The predicted octanol–water partition coefficient (Wildman–Crippen LogP) is 2.43. The first-order chi connectivity index (χ1) is 8.63. The molecular weight excluding hydrogens is 253 g/mol. The molecule has 0 radical (unpaired) electrons. The number of guanidine groups is 1. The van der Waals surface area contributed by atoms with Gasteiger partial charge >= 0.3 is 0 Å². The Morgan fingerprint density at radius 1 is 1.67 bits per heavy atom. The van der Waals surface area contributed by atoms with Gasteiger partial charge in [-0.2, -0.15) is 0 Å². The molecular formula is C13H15ClFN3. The third kappa shape index (κ3) is 2.82. The van der Waals surface area contributed by atoms with Gasteiger partial charge in [0.2, 0.25) is 0 Å². The fourth-order valence-electron chi connectivity index (χ4n) is 1.94. The van der Waals surface area contributed by atoms with Crippen LogP contribution in [0.3, 0.4) is 0 Å². The van der Waals surface area contributed by atoms with E-state index in [0.717, 1.165) is 6.42 Å². The van der Waals surface area contributed by atoms with Gasteiger partial charge in [-0.15, -0.1) is 6.58 Å². The van der Waals surface area contributed by atoms with E-state index in [9.17, 15) is 4.39 Å². The molecule has 0 spiro atoms. The third-order valence-corrected chi connectivity index (χ3v) is 3.21. The molecule has 2 unspecified atom stereocenters. The summed E-state index contributed by atoms with van der Waals surface area (Å²) in [6, 6.07) is 4.83. The van der Waals surface area contributed by atoms with E-state index in [4.69, 9.17) is 17.3 Å². The number of nitrogens with zero attached hydrogens (tertiary/aromatic N) is 1. The Labute approximate surface area is 111 Å². The van der Waals surface area contributed by atoms with Crippen molar-refractivity contribution in [3.8, 4) is 0 Å². The number of rotatable bonds is 4. The van der Waals surface area contributed by atoms with E-state index in [-0.39, 0.29) is 17.8 Å². The van der Waals surface area contributed by atoms with Crippen molar-refractivity contribution in [2.45, 2.75) is 18.4 Å². The maximum Gasteiger partial charge on any atom is 0.189 e. The van der Waals surface area contributed by atoms with Crippen molar-refractivity contribution in [2.75, 3.05) is 6.54 Å². The van der Waals surface area contributed by atoms with E-state index in [1.807, 2.05) is 0 Å². The summed E-state index contributed by atoms with van der Waals surface area (Å²) in [5.41, 5.74) is 6.24. The summed E-state index contributed by atoms with van der Waals surface area (Å²) < 4.78 is 13.7. The minimum atomic E-state index is -0.265. The molecule has 1 aliphatic rings. The van der Waals surface area contributed by atoms with E-state index >= 15 is 0 Å². The zero-order valence-electron chi connectivity index (χ0n) is 9.87.